The first-order valence-electron chi connectivity index (χ1n) is 6.32. The van der Waals surface area contributed by atoms with Gasteiger partial charge in [0.1, 0.15) is 6.42 Å². The Balaban J connectivity index is 2.44. The maximum atomic E-state index is 11.8. The number of carbonyl (C=O) groups is 2. The molecule has 0 aliphatic carbocycles. The van der Waals surface area contributed by atoms with E-state index in [0.717, 1.165) is 17.3 Å². The SMILES string of the molecule is CCCCN(C)C(=O)CC(=O)Nc1cccc(Br)c1. The quantitative estimate of drug-likeness (QED) is 0.817. The predicted molar refractivity (Wildman–Crippen MR) is 79.9 cm³/mol. The molecule has 0 bridgehead atoms. The second-order valence-corrected chi connectivity index (χ2v) is 5.32. The van der Waals surface area contributed by atoms with Gasteiger partial charge in [-0.2, -0.15) is 0 Å². The van der Waals surface area contributed by atoms with Gasteiger partial charge in [-0.1, -0.05) is 35.3 Å². The van der Waals surface area contributed by atoms with Crippen molar-refractivity contribution < 1.29 is 9.59 Å². The average molecular weight is 327 g/mol. The van der Waals surface area contributed by atoms with Gasteiger partial charge in [-0.05, 0) is 24.6 Å². The van der Waals surface area contributed by atoms with Crippen molar-refractivity contribution in [1.29, 1.82) is 0 Å². The fraction of sp³-hybridized carbons (Fsp3) is 0.429. The van der Waals surface area contributed by atoms with Gasteiger partial charge in [0.2, 0.25) is 11.8 Å². The first-order valence-corrected chi connectivity index (χ1v) is 7.11. The normalized spacial score (nSPS) is 10.1. The van der Waals surface area contributed by atoms with Gasteiger partial charge >= 0.3 is 0 Å². The molecule has 0 fully saturated rings. The lowest BCUT2D eigenvalue weighted by atomic mass is 10.2. The highest BCUT2D eigenvalue weighted by molar-refractivity contribution is 9.10. The first kappa shape index (κ1) is 15.7. The van der Waals surface area contributed by atoms with E-state index in [9.17, 15) is 9.59 Å². The van der Waals surface area contributed by atoms with Crippen molar-refractivity contribution in [1.82, 2.24) is 4.90 Å². The summed E-state index contributed by atoms with van der Waals surface area (Å²) in [7, 11) is 1.73. The van der Waals surface area contributed by atoms with Crippen molar-refractivity contribution in [2.75, 3.05) is 18.9 Å². The Morgan fingerprint density at radius 3 is 2.74 bits per heavy atom. The summed E-state index contributed by atoms with van der Waals surface area (Å²) < 4.78 is 0.886. The fourth-order valence-electron chi connectivity index (χ4n) is 1.56. The van der Waals surface area contributed by atoms with Crippen molar-refractivity contribution >= 4 is 33.4 Å². The molecule has 19 heavy (non-hydrogen) atoms. The Morgan fingerprint density at radius 2 is 2.11 bits per heavy atom. The number of nitrogens with one attached hydrogen (secondary N) is 1. The minimum Gasteiger partial charge on any atom is -0.345 e. The van der Waals surface area contributed by atoms with Crippen molar-refractivity contribution in [3.8, 4) is 0 Å². The molecule has 0 saturated heterocycles. The van der Waals surface area contributed by atoms with Gasteiger partial charge in [-0.15, -0.1) is 0 Å². The number of anilines is 1. The summed E-state index contributed by atoms with van der Waals surface area (Å²) in [6.45, 7) is 2.76. The summed E-state index contributed by atoms with van der Waals surface area (Å²) >= 11 is 3.33. The number of hydrogen-bond acceptors (Lipinski definition) is 2. The summed E-state index contributed by atoms with van der Waals surface area (Å²) in [4.78, 5) is 25.1. The number of amides is 2. The molecule has 0 aliphatic rings. The zero-order valence-electron chi connectivity index (χ0n) is 11.3. The third-order valence-electron chi connectivity index (χ3n) is 2.69. The maximum Gasteiger partial charge on any atom is 0.233 e. The van der Waals surface area contributed by atoms with E-state index >= 15 is 0 Å². The minimum atomic E-state index is -0.286. The lowest BCUT2D eigenvalue weighted by Crippen LogP contribution is -2.31. The summed E-state index contributed by atoms with van der Waals surface area (Å²) in [5.74, 6) is -0.438. The van der Waals surface area contributed by atoms with Crippen LogP contribution in [0.2, 0.25) is 0 Å². The third-order valence-corrected chi connectivity index (χ3v) is 3.19. The van der Waals surface area contributed by atoms with Crippen LogP contribution in [-0.4, -0.2) is 30.3 Å². The molecule has 1 aromatic rings. The van der Waals surface area contributed by atoms with Crippen LogP contribution in [0.5, 0.6) is 0 Å². The largest absolute Gasteiger partial charge is 0.345 e. The van der Waals surface area contributed by atoms with Crippen molar-refractivity contribution in [3.05, 3.63) is 28.7 Å². The molecule has 0 heterocycles. The molecule has 5 heteroatoms. The topological polar surface area (TPSA) is 49.4 Å². The maximum absolute atomic E-state index is 11.8. The number of unbranched alkanes of at least 4 members (excludes halogenated alkanes) is 1. The molecule has 0 atom stereocenters. The molecule has 0 aromatic heterocycles. The molecule has 0 unspecified atom stereocenters. The second kappa shape index (κ2) is 7.94. The van der Waals surface area contributed by atoms with Crippen molar-refractivity contribution in [3.63, 3.8) is 0 Å². The van der Waals surface area contributed by atoms with E-state index in [1.165, 1.54) is 0 Å². The van der Waals surface area contributed by atoms with Crippen LogP contribution in [0.4, 0.5) is 5.69 Å². The van der Waals surface area contributed by atoms with Crippen LogP contribution in [0.25, 0.3) is 0 Å². The number of hydrogen-bond donors (Lipinski definition) is 1. The molecule has 2 amide bonds. The first-order chi connectivity index (χ1) is 9.02. The van der Waals surface area contributed by atoms with Crippen LogP contribution in [-0.2, 0) is 9.59 Å². The molecule has 0 aliphatic heterocycles. The Hall–Kier alpha value is -1.36. The van der Waals surface area contributed by atoms with E-state index in [4.69, 9.17) is 0 Å². The molecular weight excluding hydrogens is 308 g/mol. The number of carbonyl (C=O) groups excluding carboxylic acids is 2. The average Bonchev–Trinajstić information content (AvgIpc) is 2.35. The highest BCUT2D eigenvalue weighted by atomic mass is 79.9. The highest BCUT2D eigenvalue weighted by Crippen LogP contribution is 2.15. The summed E-state index contributed by atoms with van der Waals surface area (Å²) in [5, 5.41) is 2.71. The van der Waals surface area contributed by atoms with Gasteiger partial charge in [-0.25, -0.2) is 0 Å². The van der Waals surface area contributed by atoms with Crippen molar-refractivity contribution in [2.24, 2.45) is 0 Å². The molecule has 104 valence electrons. The Bertz CT molecular complexity index is 449. The van der Waals surface area contributed by atoms with Gasteiger partial charge < -0.3 is 10.2 Å². The van der Waals surface area contributed by atoms with Crippen LogP contribution in [0.3, 0.4) is 0 Å². The van der Waals surface area contributed by atoms with E-state index in [1.54, 1.807) is 24.1 Å². The van der Waals surface area contributed by atoms with Crippen LogP contribution < -0.4 is 5.32 Å². The summed E-state index contributed by atoms with van der Waals surface area (Å²) in [6.07, 6.45) is 1.87. The Labute approximate surface area is 122 Å². The molecule has 1 aromatic carbocycles. The summed E-state index contributed by atoms with van der Waals surface area (Å²) in [6, 6.07) is 7.28. The second-order valence-electron chi connectivity index (χ2n) is 4.40. The van der Waals surface area contributed by atoms with Gasteiger partial charge in [-0.3, -0.25) is 9.59 Å². The molecule has 1 rings (SSSR count). The van der Waals surface area contributed by atoms with E-state index in [1.807, 2.05) is 12.1 Å². The zero-order chi connectivity index (χ0) is 14.3. The van der Waals surface area contributed by atoms with E-state index in [2.05, 4.69) is 28.2 Å². The lowest BCUT2D eigenvalue weighted by molar-refractivity contribution is -0.133. The van der Waals surface area contributed by atoms with Crippen LogP contribution in [0.1, 0.15) is 26.2 Å². The van der Waals surface area contributed by atoms with E-state index < -0.39 is 0 Å². The fourth-order valence-corrected chi connectivity index (χ4v) is 1.96. The minimum absolute atomic E-state index is 0.118. The highest BCUT2D eigenvalue weighted by Gasteiger charge is 2.13. The van der Waals surface area contributed by atoms with Crippen molar-refractivity contribution in [2.45, 2.75) is 26.2 Å². The van der Waals surface area contributed by atoms with Gasteiger partial charge in [0, 0.05) is 23.8 Å². The Kier molecular flexibility index (Phi) is 6.56. The third kappa shape index (κ3) is 5.87. The lowest BCUT2D eigenvalue weighted by Gasteiger charge is -2.16. The molecule has 4 nitrogen and oxygen atoms in total. The van der Waals surface area contributed by atoms with E-state index in [0.29, 0.717) is 12.2 Å². The monoisotopic (exact) mass is 326 g/mol. The van der Waals surface area contributed by atoms with Crippen LogP contribution >= 0.6 is 15.9 Å². The predicted octanol–water partition coefficient (Wildman–Crippen LogP) is 3.04. The molecular formula is C14H19BrN2O2. The number of halogens is 1. The number of benzene rings is 1. The molecule has 0 radical (unpaired) electrons. The van der Waals surface area contributed by atoms with Gasteiger partial charge in [0.05, 0.1) is 0 Å². The number of rotatable bonds is 6. The number of nitrogens with zero attached hydrogens (tertiary/aromatic N) is 1. The van der Waals surface area contributed by atoms with Gasteiger partial charge in [0.15, 0.2) is 0 Å². The zero-order valence-corrected chi connectivity index (χ0v) is 12.9. The Morgan fingerprint density at radius 1 is 1.37 bits per heavy atom. The van der Waals surface area contributed by atoms with E-state index in [-0.39, 0.29) is 18.2 Å². The summed E-state index contributed by atoms with van der Waals surface area (Å²) in [5.41, 5.74) is 0.684. The molecule has 0 spiro atoms. The van der Waals surface area contributed by atoms with Gasteiger partial charge in [0.25, 0.3) is 0 Å². The van der Waals surface area contributed by atoms with Crippen LogP contribution in [0.15, 0.2) is 28.7 Å². The molecule has 0 saturated carbocycles. The smallest absolute Gasteiger partial charge is 0.233 e. The molecule has 1 N–H and O–H groups in total. The standard InChI is InChI=1S/C14H19BrN2O2/c1-3-4-8-17(2)14(19)10-13(18)16-12-7-5-6-11(15)9-12/h5-7,9H,3-4,8,10H2,1-2H3,(H,16,18). The van der Waals surface area contributed by atoms with Crippen LogP contribution in [0, 0.1) is 0 Å².